The van der Waals surface area contributed by atoms with Gasteiger partial charge in [0.1, 0.15) is 12.3 Å². The summed E-state index contributed by atoms with van der Waals surface area (Å²) in [6, 6.07) is 20.3. The lowest BCUT2D eigenvalue weighted by Gasteiger charge is -2.19. The molecule has 0 saturated carbocycles. The first-order valence-corrected chi connectivity index (χ1v) is 12.9. The molecule has 0 atom stereocenters. The van der Waals surface area contributed by atoms with Gasteiger partial charge in [-0.2, -0.15) is 5.10 Å². The summed E-state index contributed by atoms with van der Waals surface area (Å²) < 4.78 is 9.59. The van der Waals surface area contributed by atoms with Gasteiger partial charge in [0.25, 0.3) is 5.56 Å². The molecule has 0 fully saturated rings. The molecule has 194 valence electrons. The Hall–Kier alpha value is -4.19. The van der Waals surface area contributed by atoms with Crippen LogP contribution in [0.25, 0.3) is 22.6 Å². The SMILES string of the molecule is Cc1ccc(-n2nc(-c3c(C)nc4c(OCc5ccc(C(C)(C)C)cc5)cccn4c3=O)cc2C)c(C)c1. The Balaban J connectivity index is 1.49. The highest BCUT2D eigenvalue weighted by Gasteiger charge is 2.19. The van der Waals surface area contributed by atoms with Gasteiger partial charge in [0.05, 0.1) is 16.9 Å². The number of nitrogens with zero attached hydrogens (tertiary/aromatic N) is 4. The van der Waals surface area contributed by atoms with Crippen molar-refractivity contribution in [2.75, 3.05) is 0 Å². The normalized spacial score (nSPS) is 11.8. The molecule has 6 heteroatoms. The minimum atomic E-state index is -0.169. The van der Waals surface area contributed by atoms with Crippen LogP contribution < -0.4 is 10.3 Å². The highest BCUT2D eigenvalue weighted by atomic mass is 16.5. The molecule has 0 saturated heterocycles. The van der Waals surface area contributed by atoms with E-state index in [9.17, 15) is 4.79 Å². The smallest absolute Gasteiger partial charge is 0.267 e. The maximum Gasteiger partial charge on any atom is 0.267 e. The van der Waals surface area contributed by atoms with E-state index in [1.54, 1.807) is 10.6 Å². The third-order valence-electron chi connectivity index (χ3n) is 6.94. The predicted octanol–water partition coefficient (Wildman–Crippen LogP) is 6.66. The van der Waals surface area contributed by atoms with Crippen molar-refractivity contribution in [3.8, 4) is 22.7 Å². The van der Waals surface area contributed by atoms with Gasteiger partial charge >= 0.3 is 0 Å². The number of hydrogen-bond donors (Lipinski definition) is 0. The van der Waals surface area contributed by atoms with Crippen LogP contribution in [0.5, 0.6) is 5.75 Å². The number of aryl methyl sites for hydroxylation is 4. The summed E-state index contributed by atoms with van der Waals surface area (Å²) >= 11 is 0. The average Bonchev–Trinajstić information content (AvgIpc) is 3.23. The fourth-order valence-electron chi connectivity index (χ4n) is 4.80. The molecule has 0 spiro atoms. The van der Waals surface area contributed by atoms with Crippen molar-refractivity contribution in [1.29, 1.82) is 0 Å². The van der Waals surface area contributed by atoms with Crippen LogP contribution in [0.2, 0.25) is 0 Å². The molecule has 0 unspecified atom stereocenters. The third-order valence-corrected chi connectivity index (χ3v) is 6.94. The van der Waals surface area contributed by atoms with Crippen molar-refractivity contribution in [2.45, 2.75) is 60.5 Å². The molecule has 0 aliphatic carbocycles. The van der Waals surface area contributed by atoms with E-state index in [2.05, 4.69) is 77.1 Å². The largest absolute Gasteiger partial charge is 0.485 e. The molecule has 3 heterocycles. The zero-order chi connectivity index (χ0) is 27.2. The van der Waals surface area contributed by atoms with E-state index in [4.69, 9.17) is 14.8 Å². The summed E-state index contributed by atoms with van der Waals surface area (Å²) in [7, 11) is 0. The molecule has 6 nitrogen and oxygen atoms in total. The van der Waals surface area contributed by atoms with Crippen LogP contribution in [0.4, 0.5) is 0 Å². The molecular formula is C32H34N4O2. The Morgan fingerprint density at radius 1 is 0.921 bits per heavy atom. The number of hydrogen-bond acceptors (Lipinski definition) is 4. The molecule has 0 amide bonds. The van der Waals surface area contributed by atoms with E-state index in [0.717, 1.165) is 22.5 Å². The lowest BCUT2D eigenvalue weighted by Crippen LogP contribution is -2.19. The Morgan fingerprint density at radius 3 is 2.34 bits per heavy atom. The second-order valence-corrected chi connectivity index (χ2v) is 11.1. The third kappa shape index (κ3) is 4.74. The van der Waals surface area contributed by atoms with Gasteiger partial charge in [-0.05, 0) is 74.1 Å². The minimum Gasteiger partial charge on any atom is -0.485 e. The summed E-state index contributed by atoms with van der Waals surface area (Å²) in [5, 5.41) is 4.82. The molecule has 38 heavy (non-hydrogen) atoms. The van der Waals surface area contributed by atoms with Crippen molar-refractivity contribution >= 4 is 5.65 Å². The maximum atomic E-state index is 13.7. The highest BCUT2D eigenvalue weighted by molar-refractivity contribution is 5.66. The van der Waals surface area contributed by atoms with E-state index in [0.29, 0.717) is 35.0 Å². The summed E-state index contributed by atoms with van der Waals surface area (Å²) in [5.74, 6) is 0.566. The molecule has 0 bridgehead atoms. The molecule has 0 radical (unpaired) electrons. The Labute approximate surface area is 223 Å². The average molecular weight is 507 g/mol. The first-order valence-electron chi connectivity index (χ1n) is 12.9. The number of benzene rings is 2. The molecule has 0 aliphatic rings. The number of rotatable bonds is 5. The summed E-state index contributed by atoms with van der Waals surface area (Å²) in [6.45, 7) is 15.0. The summed E-state index contributed by atoms with van der Waals surface area (Å²) in [5.41, 5.74) is 8.75. The monoisotopic (exact) mass is 506 g/mol. The van der Waals surface area contributed by atoms with Crippen molar-refractivity contribution in [3.63, 3.8) is 0 Å². The van der Waals surface area contributed by atoms with Crippen LogP contribution >= 0.6 is 0 Å². The molecular weight excluding hydrogens is 472 g/mol. The maximum absolute atomic E-state index is 13.7. The standard InChI is InChI=1S/C32H34N4O2/c1-20-10-15-27(21(2)17-20)36-22(3)18-26(34-36)29-23(4)33-30-28(9-8-16-35(30)31(29)37)38-19-24-11-13-25(14-12-24)32(5,6)7/h8-18H,19H2,1-7H3. The molecule has 3 aromatic heterocycles. The van der Waals surface area contributed by atoms with Crippen LogP contribution in [-0.4, -0.2) is 19.2 Å². The fraction of sp³-hybridized carbons (Fsp3) is 0.281. The van der Waals surface area contributed by atoms with Crippen molar-refractivity contribution < 1.29 is 4.74 Å². The van der Waals surface area contributed by atoms with Crippen LogP contribution in [-0.2, 0) is 12.0 Å². The van der Waals surface area contributed by atoms with E-state index in [1.165, 1.54) is 11.1 Å². The molecule has 0 N–H and O–H groups in total. The first-order chi connectivity index (χ1) is 18.0. The Kier molecular flexibility index (Phi) is 6.43. The van der Waals surface area contributed by atoms with Gasteiger partial charge in [-0.3, -0.25) is 9.20 Å². The Morgan fingerprint density at radius 2 is 1.66 bits per heavy atom. The zero-order valence-corrected chi connectivity index (χ0v) is 23.2. The highest BCUT2D eigenvalue weighted by Crippen LogP contribution is 2.26. The van der Waals surface area contributed by atoms with Gasteiger partial charge < -0.3 is 4.74 Å². The van der Waals surface area contributed by atoms with Crippen molar-refractivity contribution in [2.24, 2.45) is 0 Å². The van der Waals surface area contributed by atoms with E-state index >= 15 is 0 Å². The topological polar surface area (TPSA) is 61.4 Å². The molecule has 5 rings (SSSR count). The quantitative estimate of drug-likeness (QED) is 0.267. The van der Waals surface area contributed by atoms with Gasteiger partial charge in [-0.15, -0.1) is 0 Å². The number of pyridine rings is 1. The van der Waals surface area contributed by atoms with Gasteiger partial charge in [-0.25, -0.2) is 9.67 Å². The van der Waals surface area contributed by atoms with E-state index in [-0.39, 0.29) is 11.0 Å². The molecule has 5 aromatic rings. The van der Waals surface area contributed by atoms with Crippen molar-refractivity contribution in [3.05, 3.63) is 111 Å². The molecule has 0 aliphatic heterocycles. The van der Waals surface area contributed by atoms with Crippen LogP contribution in [0.3, 0.4) is 0 Å². The van der Waals surface area contributed by atoms with E-state index in [1.807, 2.05) is 36.7 Å². The molecule has 2 aromatic carbocycles. The predicted molar refractivity (Wildman–Crippen MR) is 152 cm³/mol. The van der Waals surface area contributed by atoms with Gasteiger partial charge in [0, 0.05) is 11.9 Å². The number of aromatic nitrogens is 4. The fourth-order valence-corrected chi connectivity index (χ4v) is 4.80. The second kappa shape index (κ2) is 9.60. The van der Waals surface area contributed by atoms with Crippen LogP contribution in [0, 0.1) is 27.7 Å². The number of ether oxygens (including phenoxy) is 1. The zero-order valence-electron chi connectivity index (χ0n) is 23.2. The van der Waals surface area contributed by atoms with Gasteiger partial charge in [0.2, 0.25) is 0 Å². The minimum absolute atomic E-state index is 0.0999. The van der Waals surface area contributed by atoms with Gasteiger partial charge in [-0.1, -0.05) is 62.7 Å². The second-order valence-electron chi connectivity index (χ2n) is 11.1. The van der Waals surface area contributed by atoms with Crippen molar-refractivity contribution in [1.82, 2.24) is 19.2 Å². The van der Waals surface area contributed by atoms with Crippen LogP contribution in [0.1, 0.15) is 54.4 Å². The van der Waals surface area contributed by atoms with Gasteiger partial charge in [0.15, 0.2) is 11.4 Å². The van der Waals surface area contributed by atoms with E-state index < -0.39 is 0 Å². The lowest BCUT2D eigenvalue weighted by atomic mass is 9.87. The lowest BCUT2D eigenvalue weighted by molar-refractivity contribution is 0.307. The summed E-state index contributed by atoms with van der Waals surface area (Å²) in [6.07, 6.45) is 1.73. The number of fused-ring (bicyclic) bond motifs is 1. The van der Waals surface area contributed by atoms with Crippen LogP contribution in [0.15, 0.2) is 71.7 Å². The summed E-state index contributed by atoms with van der Waals surface area (Å²) in [4.78, 5) is 18.5. The first kappa shape index (κ1) is 25.5. The Bertz CT molecular complexity index is 1700.